The third-order valence-corrected chi connectivity index (χ3v) is 2.36. The lowest BCUT2D eigenvalue weighted by molar-refractivity contribution is 1.13. The van der Waals surface area contributed by atoms with Crippen LogP contribution in [0.3, 0.4) is 0 Å². The van der Waals surface area contributed by atoms with Crippen LogP contribution in [0, 0.1) is 0 Å². The molecule has 4 heteroatoms. The molecule has 0 saturated heterocycles. The third-order valence-electron chi connectivity index (χ3n) is 2.15. The highest BCUT2D eigenvalue weighted by Crippen LogP contribution is 2.15. The van der Waals surface area contributed by atoms with Crippen LogP contribution in [-0.2, 0) is 0 Å². The maximum atomic E-state index is 5.78. The van der Waals surface area contributed by atoms with Crippen LogP contribution in [0.4, 0.5) is 0 Å². The Labute approximate surface area is 85.0 Å². The molecule has 0 aliphatic carbocycles. The molecule has 2 heterocycles. The Balaban J connectivity index is 2.57. The first-order valence-electron chi connectivity index (χ1n) is 4.24. The second-order valence-corrected chi connectivity index (χ2v) is 3.41. The summed E-state index contributed by atoms with van der Waals surface area (Å²) in [6.45, 7) is 0. The standard InChI is InChI=1S/C10H6ClN3/c11-9-5-6-14-8-4-2-1-3-7(8)12-10(14)13-9/h1-6H. The van der Waals surface area contributed by atoms with Crippen molar-refractivity contribution in [3.05, 3.63) is 41.7 Å². The molecule has 0 aliphatic heterocycles. The van der Waals surface area contributed by atoms with Crippen molar-refractivity contribution in [1.82, 2.24) is 14.4 Å². The fourth-order valence-corrected chi connectivity index (χ4v) is 1.66. The van der Waals surface area contributed by atoms with Crippen molar-refractivity contribution >= 4 is 28.4 Å². The topological polar surface area (TPSA) is 30.2 Å². The normalized spacial score (nSPS) is 11.2. The molecule has 3 rings (SSSR count). The Morgan fingerprint density at radius 2 is 1.93 bits per heavy atom. The van der Waals surface area contributed by atoms with Crippen LogP contribution < -0.4 is 0 Å². The minimum Gasteiger partial charge on any atom is -0.284 e. The number of halogens is 1. The Bertz CT molecular complexity index is 615. The van der Waals surface area contributed by atoms with Gasteiger partial charge in [-0.2, -0.15) is 0 Å². The van der Waals surface area contributed by atoms with Gasteiger partial charge in [0.2, 0.25) is 5.78 Å². The van der Waals surface area contributed by atoms with Gasteiger partial charge in [-0.15, -0.1) is 0 Å². The van der Waals surface area contributed by atoms with Gasteiger partial charge in [-0.3, -0.25) is 4.40 Å². The van der Waals surface area contributed by atoms with Crippen LogP contribution in [0.5, 0.6) is 0 Å². The van der Waals surface area contributed by atoms with Gasteiger partial charge in [-0.05, 0) is 18.2 Å². The molecular formula is C10H6ClN3. The number of para-hydroxylation sites is 2. The monoisotopic (exact) mass is 203 g/mol. The van der Waals surface area contributed by atoms with Gasteiger partial charge in [-0.1, -0.05) is 23.7 Å². The molecule has 68 valence electrons. The quantitative estimate of drug-likeness (QED) is 0.526. The molecule has 0 N–H and O–H groups in total. The molecule has 0 bridgehead atoms. The summed E-state index contributed by atoms with van der Waals surface area (Å²) in [5.74, 6) is 0.638. The van der Waals surface area contributed by atoms with E-state index in [1.165, 1.54) is 0 Å². The van der Waals surface area contributed by atoms with Crippen LogP contribution >= 0.6 is 11.6 Å². The van der Waals surface area contributed by atoms with E-state index in [9.17, 15) is 0 Å². The predicted octanol–water partition coefficient (Wildman–Crippen LogP) is 2.54. The highest BCUT2D eigenvalue weighted by molar-refractivity contribution is 6.29. The van der Waals surface area contributed by atoms with Crippen molar-refractivity contribution in [3.8, 4) is 0 Å². The number of imidazole rings is 1. The molecule has 0 spiro atoms. The Hall–Kier alpha value is -1.61. The zero-order valence-electron chi connectivity index (χ0n) is 7.18. The van der Waals surface area contributed by atoms with E-state index >= 15 is 0 Å². The smallest absolute Gasteiger partial charge is 0.236 e. The van der Waals surface area contributed by atoms with Crippen LogP contribution in [0.25, 0.3) is 16.8 Å². The second-order valence-electron chi connectivity index (χ2n) is 3.02. The summed E-state index contributed by atoms with van der Waals surface area (Å²) in [4.78, 5) is 8.47. The largest absolute Gasteiger partial charge is 0.284 e. The van der Waals surface area contributed by atoms with Gasteiger partial charge in [-0.25, -0.2) is 9.97 Å². The molecule has 0 amide bonds. The van der Waals surface area contributed by atoms with E-state index in [4.69, 9.17) is 11.6 Å². The van der Waals surface area contributed by atoms with Crippen molar-refractivity contribution in [2.45, 2.75) is 0 Å². The molecule has 3 nitrogen and oxygen atoms in total. The summed E-state index contributed by atoms with van der Waals surface area (Å²) in [6.07, 6.45) is 1.88. The van der Waals surface area contributed by atoms with E-state index in [1.54, 1.807) is 6.07 Å². The number of hydrogen-bond donors (Lipinski definition) is 0. The Morgan fingerprint density at radius 3 is 2.86 bits per heavy atom. The van der Waals surface area contributed by atoms with E-state index in [2.05, 4.69) is 9.97 Å². The average molecular weight is 204 g/mol. The number of nitrogens with zero attached hydrogens (tertiary/aromatic N) is 3. The minimum atomic E-state index is 0.466. The summed E-state index contributed by atoms with van der Waals surface area (Å²) in [7, 11) is 0. The fourth-order valence-electron chi connectivity index (χ4n) is 1.53. The summed E-state index contributed by atoms with van der Waals surface area (Å²) >= 11 is 5.78. The second kappa shape index (κ2) is 2.69. The van der Waals surface area contributed by atoms with Crippen LogP contribution in [0.15, 0.2) is 36.5 Å². The highest BCUT2D eigenvalue weighted by Gasteiger charge is 2.03. The first-order chi connectivity index (χ1) is 6.84. The zero-order valence-corrected chi connectivity index (χ0v) is 7.94. The number of rotatable bonds is 0. The van der Waals surface area contributed by atoms with E-state index in [1.807, 2.05) is 34.9 Å². The van der Waals surface area contributed by atoms with Crippen molar-refractivity contribution in [1.29, 1.82) is 0 Å². The maximum Gasteiger partial charge on any atom is 0.236 e. The van der Waals surface area contributed by atoms with Gasteiger partial charge in [0.25, 0.3) is 0 Å². The van der Waals surface area contributed by atoms with E-state index in [0.717, 1.165) is 11.0 Å². The molecule has 0 aliphatic rings. The lowest BCUT2D eigenvalue weighted by atomic mass is 10.3. The van der Waals surface area contributed by atoms with Gasteiger partial charge >= 0.3 is 0 Å². The highest BCUT2D eigenvalue weighted by atomic mass is 35.5. The molecule has 14 heavy (non-hydrogen) atoms. The first-order valence-corrected chi connectivity index (χ1v) is 4.62. The summed E-state index contributed by atoms with van der Waals surface area (Å²) in [5, 5.41) is 0.466. The van der Waals surface area contributed by atoms with Crippen LogP contribution in [0.2, 0.25) is 5.15 Å². The summed E-state index contributed by atoms with van der Waals surface area (Å²) in [6, 6.07) is 9.65. The molecule has 0 unspecified atom stereocenters. The maximum absolute atomic E-state index is 5.78. The molecule has 2 aromatic heterocycles. The molecule has 0 saturated carbocycles. The molecule has 0 radical (unpaired) electrons. The van der Waals surface area contributed by atoms with Crippen molar-refractivity contribution in [3.63, 3.8) is 0 Å². The van der Waals surface area contributed by atoms with Gasteiger partial charge in [0.1, 0.15) is 5.15 Å². The van der Waals surface area contributed by atoms with Crippen LogP contribution in [0.1, 0.15) is 0 Å². The van der Waals surface area contributed by atoms with Crippen molar-refractivity contribution in [2.75, 3.05) is 0 Å². The lowest BCUT2D eigenvalue weighted by Crippen LogP contribution is -1.86. The first kappa shape index (κ1) is 7.76. The molecule has 0 fully saturated rings. The van der Waals surface area contributed by atoms with Gasteiger partial charge < -0.3 is 0 Å². The Morgan fingerprint density at radius 1 is 1.07 bits per heavy atom. The molecule has 3 aromatic rings. The molecule has 0 atom stereocenters. The van der Waals surface area contributed by atoms with Gasteiger partial charge in [0.15, 0.2) is 0 Å². The fraction of sp³-hybridized carbons (Fsp3) is 0. The number of fused-ring (bicyclic) bond motifs is 3. The summed E-state index contributed by atoms with van der Waals surface area (Å²) < 4.78 is 1.92. The zero-order chi connectivity index (χ0) is 9.54. The van der Waals surface area contributed by atoms with E-state index in [0.29, 0.717) is 10.9 Å². The van der Waals surface area contributed by atoms with Gasteiger partial charge in [0, 0.05) is 6.20 Å². The van der Waals surface area contributed by atoms with E-state index in [-0.39, 0.29) is 0 Å². The van der Waals surface area contributed by atoms with Crippen molar-refractivity contribution in [2.24, 2.45) is 0 Å². The third kappa shape index (κ3) is 0.992. The SMILES string of the molecule is Clc1ccn2c(n1)nc1ccccc12. The Kier molecular flexibility index (Phi) is 1.49. The predicted molar refractivity (Wildman–Crippen MR) is 55.5 cm³/mol. The van der Waals surface area contributed by atoms with Crippen molar-refractivity contribution < 1.29 is 0 Å². The molecule has 1 aromatic carbocycles. The lowest BCUT2D eigenvalue weighted by Gasteiger charge is -1.93. The number of benzene rings is 1. The van der Waals surface area contributed by atoms with Crippen LogP contribution in [-0.4, -0.2) is 14.4 Å². The molecular weight excluding hydrogens is 198 g/mol. The number of aromatic nitrogens is 3. The van der Waals surface area contributed by atoms with E-state index < -0.39 is 0 Å². The number of hydrogen-bond acceptors (Lipinski definition) is 2. The summed E-state index contributed by atoms with van der Waals surface area (Å²) in [5.41, 5.74) is 1.98. The van der Waals surface area contributed by atoms with Gasteiger partial charge in [0.05, 0.1) is 11.0 Å². The average Bonchev–Trinajstić information content (AvgIpc) is 2.54. The minimum absolute atomic E-state index is 0.466.